The van der Waals surface area contributed by atoms with Crippen LogP contribution in [0.2, 0.25) is 0 Å². The number of rotatable bonds is 6. The standard InChI is InChI=1S/C23H27N3O3S/c1-16-6-8-17(9-7-16)19(15-26-10-12-29-13-11-26)24-22(27)14-21-23(28)25-18-4-2-3-5-20(18)30-21/h2-9,19,21H,10-15H2,1H3,(H,24,27)(H,25,28)/p+1/t19-,21-/m1/s1. The summed E-state index contributed by atoms with van der Waals surface area (Å²) < 4.78 is 5.47. The van der Waals surface area contributed by atoms with E-state index in [0.717, 1.165) is 49.0 Å². The van der Waals surface area contributed by atoms with Gasteiger partial charge in [-0.05, 0) is 24.6 Å². The molecule has 2 aromatic rings. The molecular weight excluding hydrogens is 398 g/mol. The molecule has 0 bridgehead atoms. The van der Waals surface area contributed by atoms with Gasteiger partial charge in [-0.15, -0.1) is 11.8 Å². The van der Waals surface area contributed by atoms with Gasteiger partial charge in [0, 0.05) is 11.3 Å². The van der Waals surface area contributed by atoms with Crippen LogP contribution in [0.5, 0.6) is 0 Å². The first-order chi connectivity index (χ1) is 14.6. The van der Waals surface area contributed by atoms with E-state index in [1.54, 1.807) is 0 Å². The molecule has 2 heterocycles. The Kier molecular flexibility index (Phi) is 6.72. The highest BCUT2D eigenvalue weighted by Gasteiger charge is 2.30. The Morgan fingerprint density at radius 2 is 1.93 bits per heavy atom. The Morgan fingerprint density at radius 3 is 2.70 bits per heavy atom. The Bertz CT molecular complexity index is 897. The van der Waals surface area contributed by atoms with E-state index in [-0.39, 0.29) is 24.3 Å². The summed E-state index contributed by atoms with van der Waals surface area (Å²) in [5, 5.41) is 5.69. The molecule has 2 aromatic carbocycles. The van der Waals surface area contributed by atoms with Crippen molar-refractivity contribution in [3.8, 4) is 0 Å². The minimum absolute atomic E-state index is 0.0878. The molecule has 1 saturated heterocycles. The number of morpholine rings is 1. The van der Waals surface area contributed by atoms with E-state index in [9.17, 15) is 9.59 Å². The quantitative estimate of drug-likeness (QED) is 0.656. The Hall–Kier alpha value is -2.35. The molecule has 0 saturated carbocycles. The van der Waals surface area contributed by atoms with Crippen molar-refractivity contribution in [3.63, 3.8) is 0 Å². The fourth-order valence-corrected chi connectivity index (χ4v) is 4.96. The zero-order valence-electron chi connectivity index (χ0n) is 17.1. The maximum atomic E-state index is 12.9. The van der Waals surface area contributed by atoms with Crippen molar-refractivity contribution in [2.24, 2.45) is 0 Å². The fourth-order valence-electron chi connectivity index (χ4n) is 3.85. The number of para-hydroxylation sites is 1. The van der Waals surface area contributed by atoms with Crippen LogP contribution in [0, 0.1) is 6.92 Å². The van der Waals surface area contributed by atoms with Crippen LogP contribution in [-0.4, -0.2) is 49.9 Å². The number of carbonyl (C=O) groups excluding carboxylic acids is 2. The zero-order valence-corrected chi connectivity index (χ0v) is 18.0. The van der Waals surface area contributed by atoms with Crippen LogP contribution in [0.15, 0.2) is 53.4 Å². The second kappa shape index (κ2) is 9.64. The number of thioether (sulfide) groups is 1. The van der Waals surface area contributed by atoms with Crippen molar-refractivity contribution in [2.75, 3.05) is 38.2 Å². The Morgan fingerprint density at radius 1 is 1.20 bits per heavy atom. The van der Waals surface area contributed by atoms with E-state index in [2.05, 4.69) is 41.8 Å². The number of quaternary nitrogens is 1. The predicted octanol–water partition coefficient (Wildman–Crippen LogP) is 1.57. The monoisotopic (exact) mass is 426 g/mol. The van der Waals surface area contributed by atoms with Gasteiger partial charge in [-0.3, -0.25) is 9.59 Å². The molecule has 0 aliphatic carbocycles. The summed E-state index contributed by atoms with van der Waals surface area (Å²) >= 11 is 1.46. The third-order valence-electron chi connectivity index (χ3n) is 5.59. The number of carbonyl (C=O) groups is 2. The first-order valence-electron chi connectivity index (χ1n) is 10.4. The minimum Gasteiger partial charge on any atom is -0.370 e. The predicted molar refractivity (Wildman–Crippen MR) is 118 cm³/mol. The molecule has 30 heavy (non-hydrogen) atoms. The largest absolute Gasteiger partial charge is 0.370 e. The summed E-state index contributed by atoms with van der Waals surface area (Å²) in [5.74, 6) is -0.209. The second-order valence-electron chi connectivity index (χ2n) is 7.89. The van der Waals surface area contributed by atoms with Crippen LogP contribution >= 0.6 is 11.8 Å². The molecule has 2 atom stereocenters. The van der Waals surface area contributed by atoms with Gasteiger partial charge in [0.25, 0.3) is 0 Å². The topological polar surface area (TPSA) is 71.9 Å². The molecule has 2 amide bonds. The first-order valence-corrected chi connectivity index (χ1v) is 11.3. The summed E-state index contributed by atoms with van der Waals surface area (Å²) in [6.45, 7) is 6.25. The first kappa shape index (κ1) is 20.9. The Labute approximate surface area is 181 Å². The van der Waals surface area contributed by atoms with Gasteiger partial charge in [0.05, 0.1) is 24.2 Å². The number of aryl methyl sites for hydroxylation is 1. The summed E-state index contributed by atoms with van der Waals surface area (Å²) in [6.07, 6.45) is 0.158. The average Bonchev–Trinajstić information content (AvgIpc) is 2.75. The fraction of sp³-hybridized carbons (Fsp3) is 0.391. The number of hydrogen-bond acceptors (Lipinski definition) is 4. The lowest BCUT2D eigenvalue weighted by Crippen LogP contribution is -3.14. The number of nitrogens with one attached hydrogen (secondary N) is 3. The number of ether oxygens (including phenoxy) is 1. The highest BCUT2D eigenvalue weighted by Crippen LogP contribution is 2.36. The van der Waals surface area contributed by atoms with Crippen molar-refractivity contribution in [1.82, 2.24) is 5.32 Å². The zero-order chi connectivity index (χ0) is 20.9. The van der Waals surface area contributed by atoms with Crippen LogP contribution in [-0.2, 0) is 14.3 Å². The van der Waals surface area contributed by atoms with E-state index in [0.29, 0.717) is 0 Å². The van der Waals surface area contributed by atoms with Gasteiger partial charge in [0.15, 0.2) is 0 Å². The van der Waals surface area contributed by atoms with Crippen LogP contribution in [0.25, 0.3) is 0 Å². The molecule has 3 N–H and O–H groups in total. The smallest absolute Gasteiger partial charge is 0.238 e. The van der Waals surface area contributed by atoms with Crippen LogP contribution in [0.4, 0.5) is 5.69 Å². The van der Waals surface area contributed by atoms with E-state index in [1.165, 1.54) is 22.2 Å². The van der Waals surface area contributed by atoms with Gasteiger partial charge in [-0.25, -0.2) is 0 Å². The number of benzene rings is 2. The summed E-state index contributed by atoms with van der Waals surface area (Å²) in [4.78, 5) is 27.8. The van der Waals surface area contributed by atoms with Gasteiger partial charge >= 0.3 is 0 Å². The van der Waals surface area contributed by atoms with Gasteiger partial charge in [-0.1, -0.05) is 42.0 Å². The van der Waals surface area contributed by atoms with Gasteiger partial charge in [-0.2, -0.15) is 0 Å². The van der Waals surface area contributed by atoms with Crippen LogP contribution < -0.4 is 15.5 Å². The van der Waals surface area contributed by atoms with Crippen molar-refractivity contribution in [2.45, 2.75) is 29.5 Å². The van der Waals surface area contributed by atoms with Crippen molar-refractivity contribution in [3.05, 3.63) is 59.7 Å². The van der Waals surface area contributed by atoms with E-state index in [1.807, 2.05) is 24.3 Å². The molecule has 6 nitrogen and oxygen atoms in total. The summed E-state index contributed by atoms with van der Waals surface area (Å²) in [6, 6.07) is 15.9. The highest BCUT2D eigenvalue weighted by molar-refractivity contribution is 8.01. The van der Waals surface area contributed by atoms with Gasteiger partial charge in [0.2, 0.25) is 11.8 Å². The molecule has 1 fully saturated rings. The maximum absolute atomic E-state index is 12.9. The maximum Gasteiger partial charge on any atom is 0.238 e. The van der Waals surface area contributed by atoms with E-state index < -0.39 is 5.25 Å². The molecule has 0 unspecified atom stereocenters. The molecule has 0 radical (unpaired) electrons. The lowest BCUT2D eigenvalue weighted by molar-refractivity contribution is -0.909. The van der Waals surface area contributed by atoms with Gasteiger partial charge < -0.3 is 20.3 Å². The van der Waals surface area contributed by atoms with Crippen molar-refractivity contribution >= 4 is 29.3 Å². The summed E-state index contributed by atoms with van der Waals surface area (Å²) in [5.41, 5.74) is 3.10. The SMILES string of the molecule is Cc1ccc([C@@H](C[NH+]2CCOCC2)NC(=O)C[C@H]2Sc3ccccc3NC2=O)cc1. The van der Waals surface area contributed by atoms with E-state index in [4.69, 9.17) is 4.74 Å². The third-order valence-corrected chi connectivity index (χ3v) is 6.86. The number of amides is 2. The Balaban J connectivity index is 1.43. The van der Waals surface area contributed by atoms with Crippen LogP contribution in [0.3, 0.4) is 0 Å². The third kappa shape index (κ3) is 5.22. The molecule has 7 heteroatoms. The highest BCUT2D eigenvalue weighted by atomic mass is 32.2. The molecule has 2 aliphatic heterocycles. The van der Waals surface area contributed by atoms with Gasteiger partial charge in [0.1, 0.15) is 25.7 Å². The normalized spacial score (nSPS) is 20.2. The molecule has 4 rings (SSSR count). The number of anilines is 1. The molecule has 158 valence electrons. The van der Waals surface area contributed by atoms with E-state index >= 15 is 0 Å². The molecule has 0 aromatic heterocycles. The average molecular weight is 427 g/mol. The summed E-state index contributed by atoms with van der Waals surface area (Å²) in [7, 11) is 0. The molecule has 2 aliphatic rings. The minimum atomic E-state index is -0.422. The lowest BCUT2D eigenvalue weighted by atomic mass is 10.0. The van der Waals surface area contributed by atoms with Crippen molar-refractivity contribution in [1.29, 1.82) is 0 Å². The molecule has 0 spiro atoms. The lowest BCUT2D eigenvalue weighted by Gasteiger charge is -2.29. The number of hydrogen-bond donors (Lipinski definition) is 3. The number of fused-ring (bicyclic) bond motifs is 1. The second-order valence-corrected chi connectivity index (χ2v) is 9.14. The molecular formula is C23H28N3O3S+. The van der Waals surface area contributed by atoms with Crippen molar-refractivity contribution < 1.29 is 19.2 Å². The van der Waals surface area contributed by atoms with Crippen LogP contribution in [0.1, 0.15) is 23.6 Å².